The lowest BCUT2D eigenvalue weighted by Gasteiger charge is -2.31. The summed E-state index contributed by atoms with van der Waals surface area (Å²) in [7, 11) is -3.44. The maximum atomic E-state index is 12.6. The van der Waals surface area contributed by atoms with Crippen molar-refractivity contribution in [3.8, 4) is 0 Å². The van der Waals surface area contributed by atoms with Crippen LogP contribution in [0.1, 0.15) is 30.7 Å². The van der Waals surface area contributed by atoms with Crippen LogP contribution in [0.25, 0.3) is 0 Å². The highest BCUT2D eigenvalue weighted by Gasteiger charge is 2.29. The van der Waals surface area contributed by atoms with Crippen molar-refractivity contribution in [2.45, 2.75) is 37.5 Å². The van der Waals surface area contributed by atoms with Gasteiger partial charge in [-0.3, -0.25) is 4.79 Å². The van der Waals surface area contributed by atoms with Gasteiger partial charge in [0.25, 0.3) is 0 Å². The van der Waals surface area contributed by atoms with Crippen LogP contribution in [-0.4, -0.2) is 43.4 Å². The summed E-state index contributed by atoms with van der Waals surface area (Å²) < 4.78 is 31.8. The van der Waals surface area contributed by atoms with Gasteiger partial charge in [0.1, 0.15) is 5.76 Å². The van der Waals surface area contributed by atoms with Gasteiger partial charge in [-0.1, -0.05) is 23.4 Å². The van der Waals surface area contributed by atoms with E-state index in [1.54, 1.807) is 30.3 Å². The molecule has 1 aromatic heterocycles. The summed E-state index contributed by atoms with van der Waals surface area (Å²) in [6, 6.07) is 10.3. The normalized spacial score (nSPS) is 16.3. The van der Waals surface area contributed by atoms with E-state index < -0.39 is 10.0 Å². The second-order valence-corrected chi connectivity index (χ2v) is 8.83. The number of rotatable bonds is 7. The largest absolute Gasteiger partial charge is 0.361 e. The monoisotopic (exact) mass is 391 g/mol. The van der Waals surface area contributed by atoms with Crippen molar-refractivity contribution < 1.29 is 17.7 Å². The third-order valence-electron chi connectivity index (χ3n) is 4.81. The Balaban J connectivity index is 1.42. The predicted molar refractivity (Wildman–Crippen MR) is 100 cm³/mol. The number of hydrogen-bond donors (Lipinski definition) is 1. The highest BCUT2D eigenvalue weighted by Crippen LogP contribution is 2.25. The van der Waals surface area contributed by atoms with Crippen molar-refractivity contribution in [1.29, 1.82) is 0 Å². The van der Waals surface area contributed by atoms with E-state index in [-0.39, 0.29) is 11.8 Å². The van der Waals surface area contributed by atoms with Gasteiger partial charge in [-0.2, -0.15) is 4.31 Å². The van der Waals surface area contributed by atoms with Crippen molar-refractivity contribution in [2.75, 3.05) is 19.6 Å². The Hall–Kier alpha value is -2.19. The topological polar surface area (TPSA) is 92.5 Å². The van der Waals surface area contributed by atoms with Crippen LogP contribution in [0, 0.1) is 12.8 Å². The number of carbonyl (C=O) groups excluding carboxylic acids is 1. The van der Waals surface area contributed by atoms with Crippen LogP contribution >= 0.6 is 0 Å². The Kier molecular flexibility index (Phi) is 6.28. The van der Waals surface area contributed by atoms with Crippen molar-refractivity contribution in [2.24, 2.45) is 5.92 Å². The lowest BCUT2D eigenvalue weighted by molar-refractivity contribution is -0.122. The highest BCUT2D eigenvalue weighted by atomic mass is 32.2. The number of amides is 1. The second-order valence-electron chi connectivity index (χ2n) is 6.89. The predicted octanol–water partition coefficient (Wildman–Crippen LogP) is 2.13. The van der Waals surface area contributed by atoms with E-state index in [2.05, 4.69) is 10.5 Å². The van der Waals surface area contributed by atoms with Crippen molar-refractivity contribution in [3.63, 3.8) is 0 Å². The molecule has 0 unspecified atom stereocenters. The molecule has 3 rings (SSSR count). The van der Waals surface area contributed by atoms with Crippen LogP contribution in [-0.2, 0) is 21.2 Å². The molecule has 2 heterocycles. The molecule has 0 atom stereocenters. The first-order valence-corrected chi connectivity index (χ1v) is 10.6. The van der Waals surface area contributed by atoms with Gasteiger partial charge in [0.05, 0.1) is 10.6 Å². The summed E-state index contributed by atoms with van der Waals surface area (Å²) in [5.74, 6) is 0.967. The smallest absolute Gasteiger partial charge is 0.243 e. The van der Waals surface area contributed by atoms with E-state index in [0.717, 1.165) is 11.5 Å². The Bertz CT molecular complexity index is 856. The standard InChI is InChI=1S/C19H25N3O4S/c1-15-13-17(21-26-15)7-10-20-19(23)14-16-8-11-22(12-9-16)27(24,25)18-5-3-2-4-6-18/h2-6,13,16H,7-12,14H2,1H3,(H,20,23). The minimum Gasteiger partial charge on any atom is -0.361 e. The van der Waals surface area contributed by atoms with Gasteiger partial charge in [0.2, 0.25) is 15.9 Å². The Morgan fingerprint density at radius 1 is 1.26 bits per heavy atom. The quantitative estimate of drug-likeness (QED) is 0.781. The maximum Gasteiger partial charge on any atom is 0.243 e. The highest BCUT2D eigenvalue weighted by molar-refractivity contribution is 7.89. The first-order valence-electron chi connectivity index (χ1n) is 9.19. The summed E-state index contributed by atoms with van der Waals surface area (Å²) >= 11 is 0. The molecule has 1 saturated heterocycles. The molecule has 2 aromatic rings. The number of benzene rings is 1. The zero-order valence-corrected chi connectivity index (χ0v) is 16.2. The number of nitrogens with one attached hydrogen (secondary N) is 1. The van der Waals surface area contributed by atoms with Gasteiger partial charge in [-0.15, -0.1) is 0 Å². The Morgan fingerprint density at radius 3 is 2.59 bits per heavy atom. The van der Waals surface area contributed by atoms with Crippen molar-refractivity contribution >= 4 is 15.9 Å². The van der Waals surface area contributed by atoms with Crippen molar-refractivity contribution in [1.82, 2.24) is 14.8 Å². The van der Waals surface area contributed by atoms with Crippen molar-refractivity contribution in [3.05, 3.63) is 47.9 Å². The molecule has 1 N–H and O–H groups in total. The van der Waals surface area contributed by atoms with Gasteiger partial charge in [0, 0.05) is 38.5 Å². The molecular weight excluding hydrogens is 366 g/mol. The fourth-order valence-corrected chi connectivity index (χ4v) is 4.79. The number of aryl methyl sites for hydroxylation is 1. The van der Waals surface area contributed by atoms with E-state index in [9.17, 15) is 13.2 Å². The molecule has 1 aromatic carbocycles. The summed E-state index contributed by atoms with van der Waals surface area (Å²) in [6.07, 6.45) is 2.46. The van der Waals surface area contributed by atoms with Crippen LogP contribution in [0.4, 0.5) is 0 Å². The van der Waals surface area contributed by atoms with E-state index in [4.69, 9.17) is 4.52 Å². The molecule has 0 radical (unpaired) electrons. The lowest BCUT2D eigenvalue weighted by atomic mass is 9.94. The first kappa shape index (κ1) is 19.6. The number of sulfonamides is 1. The fraction of sp³-hybridized carbons (Fsp3) is 0.474. The number of aromatic nitrogens is 1. The van der Waals surface area contributed by atoms with Gasteiger partial charge < -0.3 is 9.84 Å². The molecule has 0 saturated carbocycles. The molecule has 0 aliphatic carbocycles. The lowest BCUT2D eigenvalue weighted by Crippen LogP contribution is -2.39. The molecule has 0 bridgehead atoms. The SMILES string of the molecule is Cc1cc(CCNC(=O)CC2CCN(S(=O)(=O)c3ccccc3)CC2)no1. The molecule has 7 nitrogen and oxygen atoms in total. The molecule has 1 fully saturated rings. The minimum atomic E-state index is -3.44. The first-order chi connectivity index (χ1) is 12.9. The minimum absolute atomic E-state index is 0.000386. The van der Waals surface area contributed by atoms with E-state index >= 15 is 0 Å². The van der Waals surface area contributed by atoms with Gasteiger partial charge in [-0.25, -0.2) is 8.42 Å². The van der Waals surface area contributed by atoms with Crippen LogP contribution in [0.15, 0.2) is 45.8 Å². The molecule has 1 amide bonds. The van der Waals surface area contributed by atoms with Gasteiger partial charge in [0.15, 0.2) is 0 Å². The molecule has 8 heteroatoms. The molecule has 1 aliphatic heterocycles. The van der Waals surface area contributed by atoms with Gasteiger partial charge >= 0.3 is 0 Å². The summed E-state index contributed by atoms with van der Waals surface area (Å²) in [5, 5.41) is 6.80. The zero-order valence-electron chi connectivity index (χ0n) is 15.4. The Labute approximate surface area is 159 Å². The summed E-state index contributed by atoms with van der Waals surface area (Å²) in [4.78, 5) is 12.4. The summed E-state index contributed by atoms with van der Waals surface area (Å²) in [6.45, 7) is 3.26. The number of carbonyl (C=O) groups is 1. The number of hydrogen-bond acceptors (Lipinski definition) is 5. The second kappa shape index (κ2) is 8.67. The van der Waals surface area contributed by atoms with Crippen LogP contribution in [0.2, 0.25) is 0 Å². The summed E-state index contributed by atoms with van der Waals surface area (Å²) in [5.41, 5.74) is 0.826. The van der Waals surface area contributed by atoms with Crippen LogP contribution in [0.3, 0.4) is 0 Å². The van der Waals surface area contributed by atoms with E-state index in [1.165, 1.54) is 4.31 Å². The van der Waals surface area contributed by atoms with E-state index in [0.29, 0.717) is 50.2 Å². The number of nitrogens with zero attached hydrogens (tertiary/aromatic N) is 2. The zero-order chi connectivity index (χ0) is 19.3. The van der Waals surface area contributed by atoms with Gasteiger partial charge in [-0.05, 0) is 37.8 Å². The average molecular weight is 391 g/mol. The average Bonchev–Trinajstić information content (AvgIpc) is 3.08. The fourth-order valence-electron chi connectivity index (χ4n) is 3.30. The Morgan fingerprint density at radius 2 is 1.96 bits per heavy atom. The van der Waals surface area contributed by atoms with Crippen LogP contribution < -0.4 is 5.32 Å². The third kappa shape index (κ3) is 5.17. The van der Waals surface area contributed by atoms with E-state index in [1.807, 2.05) is 13.0 Å². The molecule has 0 spiro atoms. The molecule has 27 heavy (non-hydrogen) atoms. The molecule has 146 valence electrons. The molecule has 1 aliphatic rings. The molecular formula is C19H25N3O4S. The number of piperidine rings is 1. The third-order valence-corrected chi connectivity index (χ3v) is 6.72. The van der Waals surface area contributed by atoms with Crippen LogP contribution in [0.5, 0.6) is 0 Å². The maximum absolute atomic E-state index is 12.6.